The minimum Gasteiger partial charge on any atom is -0.497 e. The summed E-state index contributed by atoms with van der Waals surface area (Å²) in [6.45, 7) is 0. The van der Waals surface area contributed by atoms with Gasteiger partial charge < -0.3 is 4.74 Å². The molecule has 3 nitrogen and oxygen atoms in total. The second kappa shape index (κ2) is 5.27. The van der Waals surface area contributed by atoms with Gasteiger partial charge in [-0.25, -0.2) is 4.39 Å². The molecule has 0 saturated heterocycles. The Morgan fingerprint density at radius 3 is 2.78 bits per heavy atom. The van der Waals surface area contributed by atoms with Crippen LogP contribution in [0, 0.1) is 5.82 Å². The predicted molar refractivity (Wildman–Crippen MR) is 68.3 cm³/mol. The third-order valence-corrected chi connectivity index (χ3v) is 3.08. The number of rotatable bonds is 3. The van der Waals surface area contributed by atoms with E-state index in [-0.39, 0.29) is 11.3 Å². The lowest BCUT2D eigenvalue weighted by Gasteiger charge is -2.06. The van der Waals surface area contributed by atoms with Crippen LogP contribution in [-0.4, -0.2) is 17.9 Å². The molecule has 1 heterocycles. The first-order chi connectivity index (χ1) is 8.61. The molecule has 1 aromatic heterocycles. The van der Waals surface area contributed by atoms with Gasteiger partial charge in [-0.3, -0.25) is 9.78 Å². The predicted octanol–water partition coefficient (Wildman–Crippen LogP) is 3.22. The van der Waals surface area contributed by atoms with Crippen molar-refractivity contribution in [3.8, 4) is 5.75 Å². The van der Waals surface area contributed by atoms with Crippen LogP contribution >= 0.6 is 15.9 Å². The summed E-state index contributed by atoms with van der Waals surface area (Å²) in [7, 11) is 1.52. The second-order valence-electron chi connectivity index (χ2n) is 3.57. The van der Waals surface area contributed by atoms with Gasteiger partial charge in [0.2, 0.25) is 0 Å². The summed E-state index contributed by atoms with van der Waals surface area (Å²) < 4.78 is 18.7. The van der Waals surface area contributed by atoms with Gasteiger partial charge in [-0.15, -0.1) is 0 Å². The number of pyridine rings is 1. The number of benzene rings is 1. The number of nitrogens with zero attached hydrogens (tertiary/aromatic N) is 1. The Kier molecular flexibility index (Phi) is 3.72. The molecule has 0 radical (unpaired) electrons. The van der Waals surface area contributed by atoms with Gasteiger partial charge in [0.05, 0.1) is 13.3 Å². The first-order valence-electron chi connectivity index (χ1n) is 5.10. The van der Waals surface area contributed by atoms with Crippen molar-refractivity contribution in [2.24, 2.45) is 0 Å². The van der Waals surface area contributed by atoms with Crippen molar-refractivity contribution >= 4 is 21.7 Å². The van der Waals surface area contributed by atoms with Gasteiger partial charge in [0.1, 0.15) is 11.6 Å². The molecule has 0 fully saturated rings. The lowest BCUT2D eigenvalue weighted by molar-refractivity contribution is 0.103. The van der Waals surface area contributed by atoms with Crippen molar-refractivity contribution in [2.75, 3.05) is 7.11 Å². The van der Waals surface area contributed by atoms with Gasteiger partial charge in [-0.1, -0.05) is 15.9 Å². The fourth-order valence-corrected chi connectivity index (χ4v) is 1.92. The van der Waals surface area contributed by atoms with E-state index >= 15 is 0 Å². The summed E-state index contributed by atoms with van der Waals surface area (Å²) in [6.07, 6.45) is 2.38. The van der Waals surface area contributed by atoms with Gasteiger partial charge in [0.15, 0.2) is 5.78 Å². The van der Waals surface area contributed by atoms with Crippen molar-refractivity contribution in [3.05, 3.63) is 58.1 Å². The van der Waals surface area contributed by atoms with E-state index in [4.69, 9.17) is 4.74 Å². The minimum absolute atomic E-state index is 0.198. The first-order valence-corrected chi connectivity index (χ1v) is 5.90. The van der Waals surface area contributed by atoms with Crippen LogP contribution in [0.15, 0.2) is 41.1 Å². The molecule has 2 rings (SSSR count). The molecule has 0 aliphatic rings. The Balaban J connectivity index is 2.45. The number of methoxy groups -OCH3 is 1. The molecule has 0 spiro atoms. The minimum atomic E-state index is -0.542. The van der Waals surface area contributed by atoms with E-state index in [0.717, 1.165) is 12.3 Å². The van der Waals surface area contributed by atoms with Crippen LogP contribution in [-0.2, 0) is 0 Å². The van der Waals surface area contributed by atoms with E-state index in [9.17, 15) is 9.18 Å². The zero-order chi connectivity index (χ0) is 13.1. The highest BCUT2D eigenvalue weighted by atomic mass is 79.9. The zero-order valence-electron chi connectivity index (χ0n) is 9.48. The molecule has 0 atom stereocenters. The van der Waals surface area contributed by atoms with Gasteiger partial charge in [-0.05, 0) is 24.3 Å². The maximum Gasteiger partial charge on any atom is 0.195 e. The summed E-state index contributed by atoms with van der Waals surface area (Å²) in [5.74, 6) is -0.293. The van der Waals surface area contributed by atoms with Crippen molar-refractivity contribution in [1.29, 1.82) is 0 Å². The Morgan fingerprint density at radius 2 is 2.11 bits per heavy atom. The molecule has 0 amide bonds. The average molecular weight is 310 g/mol. The first kappa shape index (κ1) is 12.7. The van der Waals surface area contributed by atoms with E-state index in [1.807, 2.05) is 0 Å². The summed E-state index contributed by atoms with van der Waals surface area (Å²) in [5, 5.41) is 0. The zero-order valence-corrected chi connectivity index (χ0v) is 11.1. The molecular weight excluding hydrogens is 301 g/mol. The largest absolute Gasteiger partial charge is 0.497 e. The Labute approximate surface area is 112 Å². The third-order valence-electron chi connectivity index (χ3n) is 2.39. The molecule has 2 aromatic rings. The quantitative estimate of drug-likeness (QED) is 0.817. The average Bonchev–Trinajstić information content (AvgIpc) is 2.38. The van der Waals surface area contributed by atoms with Crippen LogP contribution in [0.3, 0.4) is 0 Å². The number of halogens is 2. The Bertz CT molecular complexity index is 601. The van der Waals surface area contributed by atoms with E-state index < -0.39 is 5.82 Å². The maximum atomic E-state index is 13.0. The van der Waals surface area contributed by atoms with Crippen LogP contribution in [0.25, 0.3) is 0 Å². The molecule has 5 heteroatoms. The summed E-state index contributed by atoms with van der Waals surface area (Å²) in [4.78, 5) is 15.9. The normalized spacial score (nSPS) is 10.2. The number of hydrogen-bond acceptors (Lipinski definition) is 3. The van der Waals surface area contributed by atoms with Crippen LogP contribution in [0.1, 0.15) is 15.9 Å². The molecule has 0 aliphatic carbocycles. The fourth-order valence-electron chi connectivity index (χ4n) is 1.50. The molecule has 92 valence electrons. The fraction of sp³-hybridized carbons (Fsp3) is 0.0769. The smallest absolute Gasteiger partial charge is 0.195 e. The number of ether oxygens (including phenoxy) is 1. The van der Waals surface area contributed by atoms with Crippen LogP contribution in [0.4, 0.5) is 4.39 Å². The standard InChI is InChI=1S/C13H9BrFNO2/c1-18-10-2-3-12(14)11(5-10)13(17)8-4-9(15)7-16-6-8/h2-7H,1H3. The summed E-state index contributed by atoms with van der Waals surface area (Å²) in [5.41, 5.74) is 0.603. The second-order valence-corrected chi connectivity index (χ2v) is 4.42. The van der Waals surface area contributed by atoms with Crippen molar-refractivity contribution in [1.82, 2.24) is 4.98 Å². The Morgan fingerprint density at radius 1 is 1.33 bits per heavy atom. The monoisotopic (exact) mass is 309 g/mol. The van der Waals surface area contributed by atoms with E-state index in [2.05, 4.69) is 20.9 Å². The summed E-state index contributed by atoms with van der Waals surface area (Å²) >= 11 is 3.29. The van der Waals surface area contributed by atoms with Crippen molar-refractivity contribution < 1.29 is 13.9 Å². The van der Waals surface area contributed by atoms with Crippen molar-refractivity contribution in [2.45, 2.75) is 0 Å². The number of hydrogen-bond donors (Lipinski definition) is 0. The highest BCUT2D eigenvalue weighted by Gasteiger charge is 2.14. The topological polar surface area (TPSA) is 39.2 Å². The van der Waals surface area contributed by atoms with E-state index in [0.29, 0.717) is 15.8 Å². The van der Waals surface area contributed by atoms with Gasteiger partial charge >= 0.3 is 0 Å². The van der Waals surface area contributed by atoms with Gasteiger partial charge in [-0.2, -0.15) is 0 Å². The molecule has 0 aliphatic heterocycles. The number of carbonyl (C=O) groups excluding carboxylic acids is 1. The Hall–Kier alpha value is -1.75. The van der Waals surface area contributed by atoms with Gasteiger partial charge in [0.25, 0.3) is 0 Å². The van der Waals surface area contributed by atoms with Gasteiger partial charge in [0, 0.05) is 21.8 Å². The molecular formula is C13H9BrFNO2. The third kappa shape index (κ3) is 2.56. The molecule has 0 saturated carbocycles. The molecule has 1 aromatic carbocycles. The number of aromatic nitrogens is 1. The lowest BCUT2D eigenvalue weighted by Crippen LogP contribution is -2.04. The summed E-state index contributed by atoms with van der Waals surface area (Å²) in [6, 6.07) is 6.18. The molecule has 18 heavy (non-hydrogen) atoms. The molecule has 0 unspecified atom stereocenters. The highest BCUT2D eigenvalue weighted by Crippen LogP contribution is 2.24. The van der Waals surface area contributed by atoms with E-state index in [1.165, 1.54) is 13.3 Å². The lowest BCUT2D eigenvalue weighted by atomic mass is 10.0. The molecule has 0 bridgehead atoms. The molecule has 0 N–H and O–H groups in total. The van der Waals surface area contributed by atoms with Crippen LogP contribution in [0.2, 0.25) is 0 Å². The SMILES string of the molecule is COc1ccc(Br)c(C(=O)c2cncc(F)c2)c1. The van der Waals surface area contributed by atoms with Crippen LogP contribution < -0.4 is 4.74 Å². The van der Waals surface area contributed by atoms with Crippen molar-refractivity contribution in [3.63, 3.8) is 0 Å². The van der Waals surface area contributed by atoms with E-state index in [1.54, 1.807) is 18.2 Å². The number of carbonyl (C=O) groups is 1. The highest BCUT2D eigenvalue weighted by molar-refractivity contribution is 9.10. The van der Waals surface area contributed by atoms with Crippen LogP contribution in [0.5, 0.6) is 5.75 Å². The maximum absolute atomic E-state index is 13.0. The number of ketones is 1.